The van der Waals surface area contributed by atoms with Crippen LogP contribution in [0.4, 0.5) is 5.82 Å². The predicted molar refractivity (Wildman–Crippen MR) is 81.8 cm³/mol. The Bertz CT molecular complexity index is 635. The SMILES string of the molecule is CC1CCOCCN1c1cnc2cc(Cl)c(Cl)cc2n1. The van der Waals surface area contributed by atoms with Crippen LogP contribution in [0, 0.1) is 0 Å². The summed E-state index contributed by atoms with van der Waals surface area (Å²) in [4.78, 5) is 11.3. The van der Waals surface area contributed by atoms with Gasteiger partial charge in [0.1, 0.15) is 5.82 Å². The van der Waals surface area contributed by atoms with E-state index < -0.39 is 0 Å². The third-order valence-electron chi connectivity index (χ3n) is 3.55. The van der Waals surface area contributed by atoms with E-state index in [1.54, 1.807) is 18.3 Å². The summed E-state index contributed by atoms with van der Waals surface area (Å²) < 4.78 is 5.51. The summed E-state index contributed by atoms with van der Waals surface area (Å²) in [7, 11) is 0. The molecule has 0 saturated carbocycles. The molecule has 1 aliphatic rings. The van der Waals surface area contributed by atoms with Gasteiger partial charge in [-0.25, -0.2) is 4.98 Å². The van der Waals surface area contributed by atoms with Crippen molar-refractivity contribution >= 4 is 40.1 Å². The van der Waals surface area contributed by atoms with E-state index >= 15 is 0 Å². The zero-order valence-corrected chi connectivity index (χ0v) is 12.7. The number of rotatable bonds is 1. The van der Waals surface area contributed by atoms with Gasteiger partial charge in [-0.2, -0.15) is 0 Å². The summed E-state index contributed by atoms with van der Waals surface area (Å²) in [6.07, 6.45) is 2.77. The number of aromatic nitrogens is 2. The second kappa shape index (κ2) is 5.72. The maximum atomic E-state index is 6.05. The van der Waals surface area contributed by atoms with Gasteiger partial charge >= 0.3 is 0 Å². The highest BCUT2D eigenvalue weighted by atomic mass is 35.5. The minimum absolute atomic E-state index is 0.382. The van der Waals surface area contributed by atoms with Crippen LogP contribution in [0.15, 0.2) is 18.3 Å². The largest absolute Gasteiger partial charge is 0.380 e. The summed E-state index contributed by atoms with van der Waals surface area (Å²) in [5, 5.41) is 0.996. The Kier molecular flexibility index (Phi) is 3.96. The van der Waals surface area contributed by atoms with E-state index in [4.69, 9.17) is 27.9 Å². The molecular weight excluding hydrogens is 297 g/mol. The van der Waals surface area contributed by atoms with Gasteiger partial charge in [0, 0.05) is 19.2 Å². The summed E-state index contributed by atoms with van der Waals surface area (Å²) >= 11 is 12.0. The quantitative estimate of drug-likeness (QED) is 0.807. The second-order valence-corrected chi connectivity index (χ2v) is 5.74. The van der Waals surface area contributed by atoms with Crippen molar-refractivity contribution in [2.45, 2.75) is 19.4 Å². The van der Waals surface area contributed by atoms with E-state index in [2.05, 4.69) is 21.8 Å². The zero-order chi connectivity index (χ0) is 14.1. The van der Waals surface area contributed by atoms with Gasteiger partial charge in [0.05, 0.1) is 33.9 Å². The summed E-state index contributed by atoms with van der Waals surface area (Å²) in [6.45, 7) is 4.50. The average Bonchev–Trinajstić information content (AvgIpc) is 2.64. The summed E-state index contributed by atoms with van der Waals surface area (Å²) in [6, 6.07) is 3.88. The van der Waals surface area contributed by atoms with Crippen LogP contribution < -0.4 is 4.90 Å². The molecule has 6 heteroatoms. The standard InChI is InChI=1S/C14H15Cl2N3O/c1-9-2-4-20-5-3-19(9)14-8-17-12-6-10(15)11(16)7-13(12)18-14/h6-9H,2-5H2,1H3. The van der Waals surface area contributed by atoms with Gasteiger partial charge in [0.25, 0.3) is 0 Å². The topological polar surface area (TPSA) is 38.2 Å². The van der Waals surface area contributed by atoms with Crippen molar-refractivity contribution in [1.29, 1.82) is 0 Å². The first-order chi connectivity index (χ1) is 9.65. The first kappa shape index (κ1) is 13.9. The molecule has 1 atom stereocenters. The summed E-state index contributed by atoms with van der Waals surface area (Å²) in [5.41, 5.74) is 1.51. The van der Waals surface area contributed by atoms with Crippen molar-refractivity contribution in [2.75, 3.05) is 24.7 Å². The van der Waals surface area contributed by atoms with E-state index in [0.29, 0.717) is 22.7 Å². The van der Waals surface area contributed by atoms with Crippen LogP contribution in [-0.4, -0.2) is 35.8 Å². The van der Waals surface area contributed by atoms with Crippen molar-refractivity contribution in [2.24, 2.45) is 0 Å². The Hall–Kier alpha value is -1.10. The third kappa shape index (κ3) is 2.68. The van der Waals surface area contributed by atoms with E-state index in [0.717, 1.165) is 36.4 Å². The predicted octanol–water partition coefficient (Wildman–Crippen LogP) is 3.55. The van der Waals surface area contributed by atoms with Crippen molar-refractivity contribution in [1.82, 2.24) is 9.97 Å². The molecule has 1 aromatic carbocycles. The highest BCUT2D eigenvalue weighted by Gasteiger charge is 2.19. The van der Waals surface area contributed by atoms with Crippen molar-refractivity contribution in [3.8, 4) is 0 Å². The van der Waals surface area contributed by atoms with Crippen LogP contribution in [0.25, 0.3) is 11.0 Å². The van der Waals surface area contributed by atoms with Gasteiger partial charge in [0.15, 0.2) is 0 Å². The molecule has 3 rings (SSSR count). The lowest BCUT2D eigenvalue weighted by atomic mass is 10.2. The van der Waals surface area contributed by atoms with E-state index in [1.807, 2.05) is 0 Å². The number of hydrogen-bond acceptors (Lipinski definition) is 4. The maximum Gasteiger partial charge on any atom is 0.148 e. The Balaban J connectivity index is 2.01. The molecule has 1 aliphatic heterocycles. The number of anilines is 1. The molecule has 0 N–H and O–H groups in total. The van der Waals surface area contributed by atoms with E-state index in [9.17, 15) is 0 Å². The number of ether oxygens (including phenoxy) is 1. The Labute approximate surface area is 127 Å². The molecule has 106 valence electrons. The summed E-state index contributed by atoms with van der Waals surface area (Å²) in [5.74, 6) is 0.855. The molecule has 1 unspecified atom stereocenters. The molecule has 0 aliphatic carbocycles. The Morgan fingerprint density at radius 1 is 1.20 bits per heavy atom. The van der Waals surface area contributed by atoms with Gasteiger partial charge in [-0.1, -0.05) is 23.2 Å². The molecule has 2 aromatic rings. The molecule has 0 amide bonds. The lowest BCUT2D eigenvalue weighted by Crippen LogP contribution is -2.34. The normalized spacial score (nSPS) is 20.1. The van der Waals surface area contributed by atoms with E-state index in [-0.39, 0.29) is 0 Å². The van der Waals surface area contributed by atoms with Gasteiger partial charge in [-0.05, 0) is 25.5 Å². The molecule has 4 nitrogen and oxygen atoms in total. The third-order valence-corrected chi connectivity index (χ3v) is 4.28. The Morgan fingerprint density at radius 2 is 1.95 bits per heavy atom. The highest BCUT2D eigenvalue weighted by Crippen LogP contribution is 2.27. The monoisotopic (exact) mass is 311 g/mol. The van der Waals surface area contributed by atoms with Crippen LogP contribution in [0.5, 0.6) is 0 Å². The highest BCUT2D eigenvalue weighted by molar-refractivity contribution is 6.42. The van der Waals surface area contributed by atoms with E-state index in [1.165, 1.54) is 0 Å². The molecule has 0 bridgehead atoms. The maximum absolute atomic E-state index is 6.05. The molecule has 0 radical (unpaired) electrons. The fraction of sp³-hybridized carbons (Fsp3) is 0.429. The van der Waals surface area contributed by atoms with Crippen molar-refractivity contribution < 1.29 is 4.74 Å². The van der Waals surface area contributed by atoms with Gasteiger partial charge in [-0.15, -0.1) is 0 Å². The number of halogens is 2. The van der Waals surface area contributed by atoms with Crippen LogP contribution in [0.3, 0.4) is 0 Å². The molecule has 20 heavy (non-hydrogen) atoms. The molecule has 1 aromatic heterocycles. The molecular formula is C14H15Cl2N3O. The van der Waals surface area contributed by atoms with Gasteiger partial charge < -0.3 is 9.64 Å². The smallest absolute Gasteiger partial charge is 0.148 e. The van der Waals surface area contributed by atoms with Crippen molar-refractivity contribution in [3.05, 3.63) is 28.4 Å². The molecule has 2 heterocycles. The average molecular weight is 312 g/mol. The first-order valence-corrected chi connectivity index (χ1v) is 7.37. The number of benzene rings is 1. The Morgan fingerprint density at radius 3 is 2.75 bits per heavy atom. The fourth-order valence-electron chi connectivity index (χ4n) is 2.37. The minimum atomic E-state index is 0.382. The second-order valence-electron chi connectivity index (χ2n) is 4.93. The van der Waals surface area contributed by atoms with Crippen LogP contribution in [0.1, 0.15) is 13.3 Å². The van der Waals surface area contributed by atoms with Crippen LogP contribution >= 0.6 is 23.2 Å². The number of fused-ring (bicyclic) bond motifs is 1. The van der Waals surface area contributed by atoms with Crippen LogP contribution in [0.2, 0.25) is 10.0 Å². The number of nitrogens with zero attached hydrogens (tertiary/aromatic N) is 3. The lowest BCUT2D eigenvalue weighted by molar-refractivity contribution is 0.150. The van der Waals surface area contributed by atoms with Gasteiger partial charge in [0.2, 0.25) is 0 Å². The molecule has 0 spiro atoms. The minimum Gasteiger partial charge on any atom is -0.380 e. The van der Waals surface area contributed by atoms with Gasteiger partial charge in [-0.3, -0.25) is 4.98 Å². The lowest BCUT2D eigenvalue weighted by Gasteiger charge is -2.27. The number of hydrogen-bond donors (Lipinski definition) is 0. The van der Waals surface area contributed by atoms with Crippen LogP contribution in [-0.2, 0) is 4.74 Å². The molecule has 1 fully saturated rings. The fourth-order valence-corrected chi connectivity index (χ4v) is 2.69. The zero-order valence-electron chi connectivity index (χ0n) is 11.1. The first-order valence-electron chi connectivity index (χ1n) is 6.61. The van der Waals surface area contributed by atoms with Crippen molar-refractivity contribution in [3.63, 3.8) is 0 Å². The molecule has 1 saturated heterocycles.